The zero-order valence-electron chi connectivity index (χ0n) is 11.7. The number of ketones is 1. The van der Waals surface area contributed by atoms with Gasteiger partial charge in [0.1, 0.15) is 5.78 Å². The van der Waals surface area contributed by atoms with Crippen molar-refractivity contribution in [3.63, 3.8) is 0 Å². The lowest BCUT2D eigenvalue weighted by Crippen LogP contribution is -2.46. The molecular weight excluding hydrogens is 226 g/mol. The molecule has 3 heteroatoms. The van der Waals surface area contributed by atoms with Crippen molar-refractivity contribution in [2.24, 2.45) is 0 Å². The molecule has 18 heavy (non-hydrogen) atoms. The van der Waals surface area contributed by atoms with Gasteiger partial charge in [-0.3, -0.25) is 9.69 Å². The zero-order valence-corrected chi connectivity index (χ0v) is 11.7. The predicted molar refractivity (Wildman–Crippen MR) is 72.5 cm³/mol. The molecular formula is C15H27NO2. The number of hydrogen-bond donors (Lipinski definition) is 1. The summed E-state index contributed by atoms with van der Waals surface area (Å²) in [6.07, 6.45) is 9.68. The van der Waals surface area contributed by atoms with E-state index in [-0.39, 0.29) is 5.78 Å². The quantitative estimate of drug-likeness (QED) is 0.837. The minimum atomic E-state index is -0.473. The largest absolute Gasteiger partial charge is 0.389 e. The number of hydrogen-bond acceptors (Lipinski definition) is 3. The molecule has 2 aliphatic rings. The highest BCUT2D eigenvalue weighted by Crippen LogP contribution is 2.32. The van der Waals surface area contributed by atoms with Gasteiger partial charge in [-0.25, -0.2) is 0 Å². The Balaban J connectivity index is 1.98. The lowest BCUT2D eigenvalue weighted by Gasteiger charge is -2.35. The second-order valence-corrected chi connectivity index (χ2v) is 6.31. The maximum atomic E-state index is 11.4. The Morgan fingerprint density at radius 3 is 2.61 bits per heavy atom. The van der Waals surface area contributed by atoms with E-state index in [0.29, 0.717) is 12.5 Å². The molecule has 2 fully saturated rings. The van der Waals surface area contributed by atoms with Crippen LogP contribution in [0.25, 0.3) is 0 Å². The van der Waals surface area contributed by atoms with Crippen molar-refractivity contribution >= 4 is 5.78 Å². The van der Waals surface area contributed by atoms with Crippen LogP contribution >= 0.6 is 0 Å². The molecule has 0 spiro atoms. The van der Waals surface area contributed by atoms with Crippen molar-refractivity contribution in [1.82, 2.24) is 4.90 Å². The highest BCUT2D eigenvalue weighted by molar-refractivity contribution is 5.76. The van der Waals surface area contributed by atoms with Gasteiger partial charge in [-0.05, 0) is 39.2 Å². The molecule has 1 aliphatic heterocycles. The van der Waals surface area contributed by atoms with Crippen LogP contribution in [0.3, 0.4) is 0 Å². The predicted octanol–water partition coefficient (Wildman–Crippen LogP) is 2.52. The van der Waals surface area contributed by atoms with Crippen LogP contribution in [0, 0.1) is 0 Å². The Morgan fingerprint density at radius 2 is 1.94 bits per heavy atom. The van der Waals surface area contributed by atoms with E-state index in [1.807, 2.05) is 0 Å². The van der Waals surface area contributed by atoms with E-state index in [1.165, 1.54) is 19.3 Å². The van der Waals surface area contributed by atoms with Gasteiger partial charge in [0.25, 0.3) is 0 Å². The summed E-state index contributed by atoms with van der Waals surface area (Å²) in [5, 5.41) is 10.6. The first-order chi connectivity index (χ1) is 8.59. The van der Waals surface area contributed by atoms with Crippen molar-refractivity contribution < 1.29 is 9.90 Å². The molecule has 0 aromatic carbocycles. The van der Waals surface area contributed by atoms with Gasteiger partial charge in [0.05, 0.1) is 5.60 Å². The molecule has 0 aromatic heterocycles. The third kappa shape index (κ3) is 3.79. The van der Waals surface area contributed by atoms with Gasteiger partial charge in [-0.15, -0.1) is 0 Å². The van der Waals surface area contributed by atoms with Crippen LogP contribution in [-0.4, -0.2) is 40.5 Å². The van der Waals surface area contributed by atoms with Gasteiger partial charge < -0.3 is 5.11 Å². The first-order valence-electron chi connectivity index (χ1n) is 7.55. The lowest BCUT2D eigenvalue weighted by atomic mass is 9.98. The topological polar surface area (TPSA) is 40.5 Å². The molecule has 3 nitrogen and oxygen atoms in total. The number of nitrogens with zero attached hydrogens (tertiary/aromatic N) is 1. The van der Waals surface area contributed by atoms with Gasteiger partial charge in [0, 0.05) is 19.0 Å². The average molecular weight is 253 g/mol. The molecule has 1 unspecified atom stereocenters. The molecule has 0 bridgehead atoms. The van der Waals surface area contributed by atoms with E-state index in [4.69, 9.17) is 0 Å². The summed E-state index contributed by atoms with van der Waals surface area (Å²) < 4.78 is 0. The lowest BCUT2D eigenvalue weighted by molar-refractivity contribution is -0.118. The summed E-state index contributed by atoms with van der Waals surface area (Å²) in [7, 11) is 0. The summed E-state index contributed by atoms with van der Waals surface area (Å²) in [5.41, 5.74) is -0.473. The van der Waals surface area contributed by atoms with Crippen LogP contribution < -0.4 is 0 Å². The van der Waals surface area contributed by atoms with Crippen LogP contribution in [0.4, 0.5) is 0 Å². The standard InChI is InChI=1S/C15H27NO2/c1-13(17)11-14-7-3-2-6-10-16(14)12-15(18)8-4-5-9-15/h14,18H,2-12H2,1H3. The maximum Gasteiger partial charge on any atom is 0.131 e. The molecule has 0 radical (unpaired) electrons. The fourth-order valence-corrected chi connectivity index (χ4v) is 3.58. The summed E-state index contributed by atoms with van der Waals surface area (Å²) in [6, 6.07) is 0.370. The van der Waals surface area contributed by atoms with Crippen LogP contribution in [0.2, 0.25) is 0 Å². The van der Waals surface area contributed by atoms with E-state index in [1.54, 1.807) is 6.92 Å². The second kappa shape index (κ2) is 6.16. The third-order valence-electron chi connectivity index (χ3n) is 4.55. The van der Waals surface area contributed by atoms with E-state index in [2.05, 4.69) is 4.90 Å². The normalized spacial score (nSPS) is 29.1. The van der Waals surface area contributed by atoms with Crippen molar-refractivity contribution in [2.75, 3.05) is 13.1 Å². The SMILES string of the molecule is CC(=O)CC1CCCCCN1CC1(O)CCCC1. The Labute approximate surface area is 111 Å². The van der Waals surface area contributed by atoms with Crippen molar-refractivity contribution in [3.05, 3.63) is 0 Å². The molecule has 104 valence electrons. The summed E-state index contributed by atoms with van der Waals surface area (Å²) in [4.78, 5) is 13.8. The maximum absolute atomic E-state index is 11.4. The Hall–Kier alpha value is -0.410. The molecule has 1 saturated carbocycles. The summed E-state index contributed by atoms with van der Waals surface area (Å²) in [6.45, 7) is 3.53. The summed E-state index contributed by atoms with van der Waals surface area (Å²) >= 11 is 0. The number of aliphatic hydroxyl groups is 1. The Bertz CT molecular complexity index is 284. The molecule has 1 N–H and O–H groups in total. The van der Waals surface area contributed by atoms with Gasteiger partial charge >= 0.3 is 0 Å². The molecule has 1 aliphatic carbocycles. The fourth-order valence-electron chi connectivity index (χ4n) is 3.58. The van der Waals surface area contributed by atoms with Crippen LogP contribution in [0.5, 0.6) is 0 Å². The molecule has 1 heterocycles. The second-order valence-electron chi connectivity index (χ2n) is 6.31. The van der Waals surface area contributed by atoms with Gasteiger partial charge in [0.2, 0.25) is 0 Å². The highest BCUT2D eigenvalue weighted by Gasteiger charge is 2.35. The molecule has 0 amide bonds. The van der Waals surface area contributed by atoms with E-state index < -0.39 is 5.60 Å². The van der Waals surface area contributed by atoms with Crippen LogP contribution in [0.1, 0.15) is 64.7 Å². The molecule has 2 rings (SSSR count). The molecule has 1 atom stereocenters. The number of carbonyl (C=O) groups excluding carboxylic acids is 1. The number of Topliss-reactive ketones (excluding diaryl/α,β-unsaturated/α-hetero) is 1. The average Bonchev–Trinajstić information content (AvgIpc) is 2.61. The van der Waals surface area contributed by atoms with E-state index in [0.717, 1.165) is 45.2 Å². The number of rotatable bonds is 4. The minimum absolute atomic E-state index is 0.283. The summed E-state index contributed by atoms with van der Waals surface area (Å²) in [5.74, 6) is 0.283. The number of β-amino-alcohol motifs (C(OH)–C–C–N with tert-alkyl or cyclic N) is 1. The smallest absolute Gasteiger partial charge is 0.131 e. The van der Waals surface area contributed by atoms with E-state index in [9.17, 15) is 9.90 Å². The highest BCUT2D eigenvalue weighted by atomic mass is 16.3. The third-order valence-corrected chi connectivity index (χ3v) is 4.55. The van der Waals surface area contributed by atoms with Crippen molar-refractivity contribution in [2.45, 2.75) is 76.4 Å². The van der Waals surface area contributed by atoms with Crippen molar-refractivity contribution in [3.8, 4) is 0 Å². The van der Waals surface area contributed by atoms with Gasteiger partial charge in [0.15, 0.2) is 0 Å². The zero-order chi connectivity index (χ0) is 13.0. The van der Waals surface area contributed by atoms with Crippen LogP contribution in [-0.2, 0) is 4.79 Å². The molecule has 1 saturated heterocycles. The molecule has 0 aromatic rings. The van der Waals surface area contributed by atoms with Gasteiger partial charge in [-0.2, -0.15) is 0 Å². The first kappa shape index (κ1) is 14.0. The van der Waals surface area contributed by atoms with Crippen LogP contribution in [0.15, 0.2) is 0 Å². The number of carbonyl (C=O) groups is 1. The Kier molecular flexibility index (Phi) is 4.79. The van der Waals surface area contributed by atoms with Crippen molar-refractivity contribution in [1.29, 1.82) is 0 Å². The Morgan fingerprint density at radius 1 is 1.22 bits per heavy atom. The first-order valence-corrected chi connectivity index (χ1v) is 7.55. The van der Waals surface area contributed by atoms with E-state index >= 15 is 0 Å². The monoisotopic (exact) mass is 253 g/mol. The number of likely N-dealkylation sites (tertiary alicyclic amines) is 1. The van der Waals surface area contributed by atoms with Gasteiger partial charge in [-0.1, -0.05) is 25.7 Å². The fraction of sp³-hybridized carbons (Fsp3) is 0.933. The minimum Gasteiger partial charge on any atom is -0.389 e.